The maximum absolute atomic E-state index is 5.37. The maximum atomic E-state index is 5.37. The first-order chi connectivity index (χ1) is 2.77. The van der Waals surface area contributed by atoms with Gasteiger partial charge in [0.25, 0.3) is 0 Å². The molecule has 6 heavy (non-hydrogen) atoms. The molecule has 0 saturated heterocycles. The molecule has 0 aromatic carbocycles. The van der Waals surface area contributed by atoms with Gasteiger partial charge >= 0.3 is 0 Å². The lowest BCUT2D eigenvalue weighted by atomic mass is 10.6. The summed E-state index contributed by atoms with van der Waals surface area (Å²) in [5.41, 5.74) is 0. The zero-order valence-corrected chi connectivity index (χ0v) is 5.14. The highest BCUT2D eigenvalue weighted by atomic mass is 35.5. The van der Waals surface area contributed by atoms with Gasteiger partial charge in [0.1, 0.15) is 0 Å². The molecule has 0 nitrogen and oxygen atoms in total. The topological polar surface area (TPSA) is 0 Å². The minimum atomic E-state index is 0.620. The second kappa shape index (κ2) is 3.57. The van der Waals surface area contributed by atoms with Gasteiger partial charge in [0.15, 0.2) is 0 Å². The summed E-state index contributed by atoms with van der Waals surface area (Å²) in [6.07, 6.45) is 1.79. The molecule has 0 unspecified atom stereocenters. The molecule has 0 aliphatic rings. The Labute approximate surface area is 48.6 Å². The van der Waals surface area contributed by atoms with Crippen molar-refractivity contribution in [2.24, 2.45) is 0 Å². The zero-order chi connectivity index (χ0) is 4.99. The molecule has 0 spiro atoms. The summed E-state index contributed by atoms with van der Waals surface area (Å²) < 4.78 is 0. The van der Waals surface area contributed by atoms with E-state index in [0.717, 1.165) is 5.03 Å². The largest absolute Gasteiger partial charge is 0.0898 e. The van der Waals surface area contributed by atoms with Crippen molar-refractivity contribution < 1.29 is 0 Å². The number of halogens is 1. The summed E-state index contributed by atoms with van der Waals surface area (Å²) in [5.74, 6) is 0.620. The fourth-order valence-electron chi connectivity index (χ4n) is 0.115. The summed E-state index contributed by atoms with van der Waals surface area (Å²) >= 11 is 9.94. The molecule has 0 N–H and O–H groups in total. The quantitative estimate of drug-likeness (QED) is 0.500. The standard InChI is InChI=1S/C4H6ClS/c1-4(5)2-3-6/h2H,3H2,1H3. The number of allylic oxidation sites excluding steroid dienone is 1. The molecule has 0 aromatic heterocycles. The second-order valence-electron chi connectivity index (χ2n) is 0.958. The highest BCUT2D eigenvalue weighted by Gasteiger charge is 1.71. The lowest BCUT2D eigenvalue weighted by molar-refractivity contribution is 1.60. The summed E-state index contributed by atoms with van der Waals surface area (Å²) in [6, 6.07) is 0. The van der Waals surface area contributed by atoms with Gasteiger partial charge in [-0.1, -0.05) is 30.3 Å². The SMILES string of the molecule is CC(Cl)=CC[S]. The van der Waals surface area contributed by atoms with E-state index in [9.17, 15) is 0 Å². The average molecular weight is 122 g/mol. The van der Waals surface area contributed by atoms with Crippen LogP contribution in [-0.4, -0.2) is 5.75 Å². The van der Waals surface area contributed by atoms with Crippen molar-refractivity contribution in [2.75, 3.05) is 5.75 Å². The first-order valence-electron chi connectivity index (χ1n) is 1.67. The van der Waals surface area contributed by atoms with Gasteiger partial charge in [0, 0.05) is 10.8 Å². The van der Waals surface area contributed by atoms with E-state index in [0.29, 0.717) is 5.75 Å². The first-order valence-corrected chi connectivity index (χ1v) is 2.63. The number of hydrogen-bond acceptors (Lipinski definition) is 0. The van der Waals surface area contributed by atoms with Crippen LogP contribution in [0.4, 0.5) is 0 Å². The Kier molecular flexibility index (Phi) is 3.79. The van der Waals surface area contributed by atoms with Crippen LogP contribution in [0.5, 0.6) is 0 Å². The van der Waals surface area contributed by atoms with Crippen LogP contribution in [-0.2, 0) is 0 Å². The van der Waals surface area contributed by atoms with Gasteiger partial charge in [-0.25, -0.2) is 0 Å². The predicted molar refractivity (Wildman–Crippen MR) is 32.1 cm³/mol. The first kappa shape index (κ1) is 6.38. The van der Waals surface area contributed by atoms with Gasteiger partial charge in [-0.2, -0.15) is 0 Å². The molecule has 0 fully saturated rings. The smallest absolute Gasteiger partial charge is 0.0232 e. The lowest BCUT2D eigenvalue weighted by Crippen LogP contribution is -1.59. The molecule has 2 heteroatoms. The molecule has 0 bridgehead atoms. The molecule has 0 aromatic rings. The zero-order valence-electron chi connectivity index (χ0n) is 3.57. The van der Waals surface area contributed by atoms with Crippen molar-refractivity contribution >= 4 is 24.2 Å². The Bertz CT molecular complexity index is 54.6. The van der Waals surface area contributed by atoms with E-state index in [1.54, 1.807) is 6.08 Å². The maximum Gasteiger partial charge on any atom is 0.0232 e. The third-order valence-electron chi connectivity index (χ3n) is 0.365. The Hall–Kier alpha value is 0.380. The van der Waals surface area contributed by atoms with Gasteiger partial charge in [-0.05, 0) is 6.92 Å². The lowest BCUT2D eigenvalue weighted by Gasteiger charge is -1.76. The predicted octanol–water partition coefficient (Wildman–Crippen LogP) is 2.33. The van der Waals surface area contributed by atoms with Crippen molar-refractivity contribution in [3.05, 3.63) is 11.1 Å². The fourth-order valence-corrected chi connectivity index (χ4v) is 0.533. The second-order valence-corrected chi connectivity index (χ2v) is 1.89. The molecular weight excluding hydrogens is 116 g/mol. The van der Waals surface area contributed by atoms with Gasteiger partial charge in [0.2, 0.25) is 0 Å². The molecule has 0 atom stereocenters. The van der Waals surface area contributed by atoms with Crippen LogP contribution in [0.25, 0.3) is 0 Å². The summed E-state index contributed by atoms with van der Waals surface area (Å²) in [4.78, 5) is 0. The van der Waals surface area contributed by atoms with Crippen LogP contribution in [0.3, 0.4) is 0 Å². The van der Waals surface area contributed by atoms with Gasteiger partial charge < -0.3 is 0 Å². The van der Waals surface area contributed by atoms with E-state index in [-0.39, 0.29) is 0 Å². The van der Waals surface area contributed by atoms with E-state index in [1.807, 2.05) is 6.92 Å². The van der Waals surface area contributed by atoms with Crippen molar-refractivity contribution in [2.45, 2.75) is 6.92 Å². The van der Waals surface area contributed by atoms with E-state index >= 15 is 0 Å². The molecule has 0 saturated carbocycles. The van der Waals surface area contributed by atoms with E-state index in [2.05, 4.69) is 12.6 Å². The Balaban J connectivity index is 3.14. The van der Waals surface area contributed by atoms with Gasteiger partial charge in [0.05, 0.1) is 0 Å². The Morgan fingerprint density at radius 1 is 2.00 bits per heavy atom. The molecule has 35 valence electrons. The Morgan fingerprint density at radius 2 is 2.50 bits per heavy atom. The fraction of sp³-hybridized carbons (Fsp3) is 0.500. The van der Waals surface area contributed by atoms with Crippen LogP contribution in [0, 0.1) is 0 Å². The van der Waals surface area contributed by atoms with Crippen LogP contribution < -0.4 is 0 Å². The van der Waals surface area contributed by atoms with Crippen LogP contribution in [0.15, 0.2) is 11.1 Å². The number of rotatable bonds is 1. The molecular formula is C4H6ClS. The van der Waals surface area contributed by atoms with Gasteiger partial charge in [-0.15, -0.1) is 0 Å². The molecule has 1 radical (unpaired) electrons. The molecule has 0 aliphatic heterocycles. The van der Waals surface area contributed by atoms with Crippen LogP contribution >= 0.6 is 24.2 Å². The van der Waals surface area contributed by atoms with Crippen molar-refractivity contribution in [3.8, 4) is 0 Å². The van der Waals surface area contributed by atoms with Crippen molar-refractivity contribution in [1.29, 1.82) is 0 Å². The third kappa shape index (κ3) is 4.38. The Morgan fingerprint density at radius 3 is 2.50 bits per heavy atom. The van der Waals surface area contributed by atoms with E-state index in [4.69, 9.17) is 11.6 Å². The normalized spacial score (nSPS) is 12.2. The highest BCUT2D eigenvalue weighted by molar-refractivity contribution is 7.80. The van der Waals surface area contributed by atoms with Crippen LogP contribution in [0.1, 0.15) is 6.92 Å². The minimum Gasteiger partial charge on any atom is -0.0898 e. The summed E-state index contributed by atoms with van der Waals surface area (Å²) in [5, 5.41) is 0.782. The average Bonchev–Trinajstić information content (AvgIpc) is 1.35. The summed E-state index contributed by atoms with van der Waals surface area (Å²) in [6.45, 7) is 1.81. The molecule has 0 aliphatic carbocycles. The minimum absolute atomic E-state index is 0.620. The number of hydrogen-bond donors (Lipinski definition) is 0. The third-order valence-corrected chi connectivity index (χ3v) is 0.686. The molecule has 0 rings (SSSR count). The molecule has 0 heterocycles. The van der Waals surface area contributed by atoms with Crippen molar-refractivity contribution in [3.63, 3.8) is 0 Å². The highest BCUT2D eigenvalue weighted by Crippen LogP contribution is 1.96. The van der Waals surface area contributed by atoms with E-state index in [1.165, 1.54) is 0 Å². The van der Waals surface area contributed by atoms with E-state index < -0.39 is 0 Å². The molecule has 0 amide bonds. The monoisotopic (exact) mass is 121 g/mol. The summed E-state index contributed by atoms with van der Waals surface area (Å²) in [7, 11) is 0. The van der Waals surface area contributed by atoms with Gasteiger partial charge in [-0.3, -0.25) is 0 Å². The van der Waals surface area contributed by atoms with Crippen LogP contribution in [0.2, 0.25) is 0 Å². The van der Waals surface area contributed by atoms with Crippen molar-refractivity contribution in [1.82, 2.24) is 0 Å².